The molecule has 3 aliphatic heterocycles. The molecule has 5 nitrogen and oxygen atoms in total. The highest BCUT2D eigenvalue weighted by molar-refractivity contribution is 5.94. The largest absolute Gasteiger partial charge is 0.508 e. The highest BCUT2D eigenvalue weighted by Crippen LogP contribution is 2.38. The van der Waals surface area contributed by atoms with E-state index in [1.165, 1.54) is 25.9 Å². The standard InChI is InChI=1S/C24H31N3O2/c1-3-26(4-2)24(29)19-8-10-20(11-9-19)27(21-6-5-7-22(28)16-21)23-17-25-14-12-18(23)13-15-25/h5-11,16,18,23,28H,3-4,12-15,17H2,1-2H3. The lowest BCUT2D eigenvalue weighted by molar-refractivity contribution is 0.0773. The van der Waals surface area contributed by atoms with Gasteiger partial charge in [0.25, 0.3) is 5.91 Å². The predicted octanol–water partition coefficient (Wildman–Crippen LogP) is 4.11. The lowest BCUT2D eigenvalue weighted by Crippen LogP contribution is -2.56. The first kappa shape index (κ1) is 19.8. The molecule has 5 heteroatoms. The number of hydrogen-bond donors (Lipinski definition) is 1. The highest BCUT2D eigenvalue weighted by atomic mass is 16.3. The molecule has 2 bridgehead atoms. The van der Waals surface area contributed by atoms with Crippen LogP contribution >= 0.6 is 0 Å². The van der Waals surface area contributed by atoms with Gasteiger partial charge in [-0.25, -0.2) is 0 Å². The van der Waals surface area contributed by atoms with E-state index in [2.05, 4.69) is 28.0 Å². The Morgan fingerprint density at radius 3 is 2.28 bits per heavy atom. The highest BCUT2D eigenvalue weighted by Gasteiger charge is 2.38. The Morgan fingerprint density at radius 1 is 1.03 bits per heavy atom. The summed E-state index contributed by atoms with van der Waals surface area (Å²) in [7, 11) is 0. The fourth-order valence-electron chi connectivity index (χ4n) is 4.86. The molecule has 2 aromatic rings. The molecule has 0 radical (unpaired) electrons. The number of amides is 1. The number of aromatic hydroxyl groups is 1. The van der Waals surface area contributed by atoms with E-state index in [-0.39, 0.29) is 11.7 Å². The molecule has 3 saturated heterocycles. The molecule has 0 spiro atoms. The maximum atomic E-state index is 12.7. The van der Waals surface area contributed by atoms with Gasteiger partial charge in [0.1, 0.15) is 5.75 Å². The molecular formula is C24H31N3O2. The number of carbonyl (C=O) groups is 1. The molecule has 0 aliphatic carbocycles. The van der Waals surface area contributed by atoms with Crippen LogP contribution in [0.15, 0.2) is 48.5 Å². The van der Waals surface area contributed by atoms with Gasteiger partial charge in [-0.1, -0.05) is 6.07 Å². The second-order valence-electron chi connectivity index (χ2n) is 8.12. The van der Waals surface area contributed by atoms with E-state index in [4.69, 9.17) is 0 Å². The molecule has 29 heavy (non-hydrogen) atoms. The quantitative estimate of drug-likeness (QED) is 0.802. The molecule has 3 heterocycles. The van der Waals surface area contributed by atoms with Gasteiger partial charge in [0.15, 0.2) is 0 Å². The summed E-state index contributed by atoms with van der Waals surface area (Å²) in [6, 6.07) is 15.9. The molecule has 0 aromatic heterocycles. The molecule has 3 fully saturated rings. The first-order valence-electron chi connectivity index (χ1n) is 10.8. The smallest absolute Gasteiger partial charge is 0.253 e. The van der Waals surface area contributed by atoms with Crippen LogP contribution in [0.2, 0.25) is 0 Å². The number of phenolic OH excluding ortho intramolecular Hbond substituents is 1. The lowest BCUT2D eigenvalue weighted by atomic mass is 9.82. The van der Waals surface area contributed by atoms with Gasteiger partial charge in [-0.15, -0.1) is 0 Å². The SMILES string of the molecule is CCN(CC)C(=O)c1ccc(N(c2cccc(O)c2)C2CN3CCC2CC3)cc1. The average molecular weight is 394 g/mol. The van der Waals surface area contributed by atoms with E-state index in [1.54, 1.807) is 6.07 Å². The van der Waals surface area contributed by atoms with Gasteiger partial charge in [0.05, 0.1) is 0 Å². The van der Waals surface area contributed by atoms with Gasteiger partial charge in [-0.2, -0.15) is 0 Å². The van der Waals surface area contributed by atoms with Gasteiger partial charge < -0.3 is 19.8 Å². The van der Waals surface area contributed by atoms with Gasteiger partial charge in [-0.3, -0.25) is 4.79 Å². The zero-order chi connectivity index (χ0) is 20.4. The van der Waals surface area contributed by atoms with Crippen molar-refractivity contribution in [3.05, 3.63) is 54.1 Å². The summed E-state index contributed by atoms with van der Waals surface area (Å²) in [4.78, 5) is 19.4. The van der Waals surface area contributed by atoms with Gasteiger partial charge in [-0.05, 0) is 82.1 Å². The molecule has 5 rings (SSSR count). The number of carbonyl (C=O) groups excluding carboxylic acids is 1. The third-order valence-corrected chi connectivity index (χ3v) is 6.50. The Hall–Kier alpha value is -2.53. The fraction of sp³-hybridized carbons (Fsp3) is 0.458. The lowest BCUT2D eigenvalue weighted by Gasteiger charge is -2.49. The maximum Gasteiger partial charge on any atom is 0.253 e. The van der Waals surface area contributed by atoms with Crippen molar-refractivity contribution in [1.82, 2.24) is 9.80 Å². The molecule has 2 aromatic carbocycles. The molecule has 0 saturated carbocycles. The molecule has 3 aliphatic rings. The van der Waals surface area contributed by atoms with E-state index in [0.717, 1.165) is 23.5 Å². The monoisotopic (exact) mass is 393 g/mol. The summed E-state index contributed by atoms with van der Waals surface area (Å²) >= 11 is 0. The van der Waals surface area contributed by atoms with Crippen molar-refractivity contribution in [2.75, 3.05) is 37.6 Å². The average Bonchev–Trinajstić information content (AvgIpc) is 2.76. The minimum absolute atomic E-state index is 0.0771. The predicted molar refractivity (Wildman–Crippen MR) is 117 cm³/mol. The molecule has 1 atom stereocenters. The van der Waals surface area contributed by atoms with E-state index in [9.17, 15) is 9.90 Å². The topological polar surface area (TPSA) is 47.0 Å². The van der Waals surface area contributed by atoms with Crippen LogP contribution in [-0.4, -0.2) is 59.6 Å². The molecule has 1 unspecified atom stereocenters. The van der Waals surface area contributed by atoms with Crippen molar-refractivity contribution in [3.63, 3.8) is 0 Å². The van der Waals surface area contributed by atoms with Crippen LogP contribution in [0.5, 0.6) is 5.75 Å². The Labute approximate surface area is 173 Å². The Morgan fingerprint density at radius 2 is 1.72 bits per heavy atom. The minimum atomic E-state index is 0.0771. The van der Waals surface area contributed by atoms with Crippen LogP contribution in [0.25, 0.3) is 0 Å². The van der Waals surface area contributed by atoms with E-state index in [0.29, 0.717) is 25.0 Å². The second-order valence-corrected chi connectivity index (χ2v) is 8.12. The third kappa shape index (κ3) is 3.97. The fourth-order valence-corrected chi connectivity index (χ4v) is 4.86. The minimum Gasteiger partial charge on any atom is -0.508 e. The van der Waals surface area contributed by atoms with Crippen molar-refractivity contribution < 1.29 is 9.90 Å². The van der Waals surface area contributed by atoms with Crippen LogP contribution in [0.3, 0.4) is 0 Å². The van der Waals surface area contributed by atoms with Gasteiger partial charge in [0, 0.05) is 48.7 Å². The number of piperidine rings is 3. The molecule has 154 valence electrons. The summed E-state index contributed by atoms with van der Waals surface area (Å²) in [6.07, 6.45) is 2.44. The molecular weight excluding hydrogens is 362 g/mol. The van der Waals surface area contributed by atoms with E-state index >= 15 is 0 Å². The van der Waals surface area contributed by atoms with Crippen LogP contribution < -0.4 is 4.90 Å². The number of anilines is 2. The Kier molecular flexibility index (Phi) is 5.76. The summed E-state index contributed by atoms with van der Waals surface area (Å²) < 4.78 is 0. The summed E-state index contributed by atoms with van der Waals surface area (Å²) in [5.74, 6) is 1.01. The van der Waals surface area contributed by atoms with Crippen molar-refractivity contribution in [3.8, 4) is 5.75 Å². The van der Waals surface area contributed by atoms with Crippen LogP contribution in [-0.2, 0) is 0 Å². The third-order valence-electron chi connectivity index (χ3n) is 6.50. The number of fused-ring (bicyclic) bond motifs is 3. The molecule has 1 N–H and O–H groups in total. The summed E-state index contributed by atoms with van der Waals surface area (Å²) in [5.41, 5.74) is 2.80. The number of nitrogens with zero attached hydrogens (tertiary/aromatic N) is 3. The van der Waals surface area contributed by atoms with Crippen molar-refractivity contribution >= 4 is 17.3 Å². The van der Waals surface area contributed by atoms with Crippen LogP contribution in [0, 0.1) is 5.92 Å². The number of hydrogen-bond acceptors (Lipinski definition) is 4. The van der Waals surface area contributed by atoms with Crippen molar-refractivity contribution in [2.24, 2.45) is 5.92 Å². The van der Waals surface area contributed by atoms with Gasteiger partial charge in [0.2, 0.25) is 0 Å². The van der Waals surface area contributed by atoms with Crippen LogP contribution in [0.4, 0.5) is 11.4 Å². The normalized spacial score (nSPS) is 23.0. The summed E-state index contributed by atoms with van der Waals surface area (Å²) in [6.45, 7) is 8.86. The zero-order valence-electron chi connectivity index (χ0n) is 17.4. The first-order chi connectivity index (χ1) is 14.1. The van der Waals surface area contributed by atoms with E-state index in [1.807, 2.05) is 43.0 Å². The van der Waals surface area contributed by atoms with Gasteiger partial charge >= 0.3 is 0 Å². The zero-order valence-corrected chi connectivity index (χ0v) is 17.4. The second kappa shape index (κ2) is 8.46. The number of rotatable bonds is 6. The number of benzene rings is 2. The molecule has 1 amide bonds. The van der Waals surface area contributed by atoms with E-state index < -0.39 is 0 Å². The number of phenols is 1. The van der Waals surface area contributed by atoms with Crippen LogP contribution in [0.1, 0.15) is 37.0 Å². The first-order valence-corrected chi connectivity index (χ1v) is 10.8. The van der Waals surface area contributed by atoms with Crippen molar-refractivity contribution in [2.45, 2.75) is 32.7 Å². The Bertz CT molecular complexity index is 839. The Balaban J connectivity index is 1.67. The summed E-state index contributed by atoms with van der Waals surface area (Å²) in [5, 5.41) is 10.1. The maximum absolute atomic E-state index is 12.7. The van der Waals surface area contributed by atoms with Crippen molar-refractivity contribution in [1.29, 1.82) is 0 Å².